The average Bonchev–Trinajstić information content (AvgIpc) is 2.27. The molecule has 0 heterocycles. The van der Waals surface area contributed by atoms with Crippen LogP contribution in [0.1, 0.15) is 51.9 Å². The lowest BCUT2D eigenvalue weighted by atomic mass is 9.76. The molecule has 0 aromatic carbocycles. The lowest BCUT2D eigenvalue weighted by Crippen LogP contribution is -2.59. The van der Waals surface area contributed by atoms with Gasteiger partial charge in [0.15, 0.2) is 0 Å². The summed E-state index contributed by atoms with van der Waals surface area (Å²) in [6.07, 6.45) is 4.62. The van der Waals surface area contributed by atoms with Crippen LogP contribution in [0.2, 0.25) is 0 Å². The van der Waals surface area contributed by atoms with Crippen molar-refractivity contribution in [2.75, 3.05) is 6.54 Å². The van der Waals surface area contributed by atoms with Crippen LogP contribution < -0.4 is 10.6 Å². The van der Waals surface area contributed by atoms with E-state index in [1.807, 2.05) is 0 Å². The molecular formula is C13H22N2O4. The van der Waals surface area contributed by atoms with Crippen LogP contribution in [0.3, 0.4) is 0 Å². The molecule has 0 spiro atoms. The van der Waals surface area contributed by atoms with E-state index in [-0.39, 0.29) is 11.8 Å². The van der Waals surface area contributed by atoms with E-state index in [2.05, 4.69) is 10.6 Å². The first-order valence-corrected chi connectivity index (χ1v) is 6.75. The number of hydrogen-bond acceptors (Lipinski definition) is 3. The van der Waals surface area contributed by atoms with Crippen LogP contribution in [0, 0.1) is 0 Å². The van der Waals surface area contributed by atoms with E-state index in [1.54, 1.807) is 0 Å². The summed E-state index contributed by atoms with van der Waals surface area (Å²) < 4.78 is 0. The molecule has 0 bridgehead atoms. The Morgan fingerprint density at radius 3 is 2.32 bits per heavy atom. The largest absolute Gasteiger partial charge is 0.480 e. The molecule has 1 fully saturated rings. The molecule has 0 radical (unpaired) electrons. The van der Waals surface area contributed by atoms with Crippen LogP contribution in [-0.2, 0) is 14.4 Å². The summed E-state index contributed by atoms with van der Waals surface area (Å²) in [6, 6.07) is 0. The summed E-state index contributed by atoms with van der Waals surface area (Å²) in [5.74, 6) is -1.18. The molecule has 108 valence electrons. The molecule has 2 amide bonds. The number of amides is 2. The highest BCUT2D eigenvalue weighted by Gasteiger charge is 2.45. The van der Waals surface area contributed by atoms with Crippen molar-refractivity contribution >= 4 is 17.8 Å². The van der Waals surface area contributed by atoms with Crippen LogP contribution in [0.15, 0.2) is 0 Å². The van der Waals surface area contributed by atoms with Crippen LogP contribution >= 0.6 is 0 Å². The topological polar surface area (TPSA) is 95.5 Å². The third-order valence-corrected chi connectivity index (χ3v) is 3.45. The van der Waals surface area contributed by atoms with E-state index in [0.717, 1.165) is 19.3 Å². The highest BCUT2D eigenvalue weighted by Crippen LogP contribution is 2.32. The monoisotopic (exact) mass is 270 g/mol. The van der Waals surface area contributed by atoms with Gasteiger partial charge in [-0.05, 0) is 32.1 Å². The van der Waals surface area contributed by atoms with E-state index in [9.17, 15) is 14.4 Å². The first kappa shape index (κ1) is 15.5. The quantitative estimate of drug-likeness (QED) is 0.569. The molecule has 0 atom stereocenters. The number of carbonyl (C=O) groups is 3. The highest BCUT2D eigenvalue weighted by atomic mass is 16.4. The number of unbranched alkanes of at least 4 members (excludes halogenated alkanes) is 2. The molecule has 1 saturated carbocycles. The maximum absolute atomic E-state index is 11.7. The molecule has 0 saturated heterocycles. The first-order chi connectivity index (χ1) is 8.96. The fourth-order valence-corrected chi connectivity index (χ4v) is 2.10. The predicted octanol–water partition coefficient (Wildman–Crippen LogP) is 0.806. The first-order valence-electron chi connectivity index (χ1n) is 6.75. The fourth-order valence-electron chi connectivity index (χ4n) is 2.10. The normalized spacial score (nSPS) is 16.3. The summed E-state index contributed by atoms with van der Waals surface area (Å²) in [7, 11) is 0. The molecule has 3 N–H and O–H groups in total. The van der Waals surface area contributed by atoms with Gasteiger partial charge in [-0.1, -0.05) is 6.42 Å². The van der Waals surface area contributed by atoms with Gasteiger partial charge < -0.3 is 15.7 Å². The van der Waals surface area contributed by atoms with Gasteiger partial charge in [-0.25, -0.2) is 4.79 Å². The van der Waals surface area contributed by atoms with Crippen molar-refractivity contribution in [2.45, 2.75) is 57.4 Å². The van der Waals surface area contributed by atoms with Crippen LogP contribution in [0.5, 0.6) is 0 Å². The van der Waals surface area contributed by atoms with Crippen molar-refractivity contribution in [3.05, 3.63) is 0 Å². The molecule has 1 aliphatic rings. The summed E-state index contributed by atoms with van der Waals surface area (Å²) in [4.78, 5) is 33.3. The van der Waals surface area contributed by atoms with E-state index >= 15 is 0 Å². The minimum Gasteiger partial charge on any atom is -0.480 e. The molecule has 1 aliphatic carbocycles. The average molecular weight is 270 g/mol. The SMILES string of the molecule is CC(=O)NCCCCCC(=O)NC1(C(=O)O)CCC1. The lowest BCUT2D eigenvalue weighted by Gasteiger charge is -2.38. The molecule has 19 heavy (non-hydrogen) atoms. The number of carboxylic acids is 1. The Kier molecular flexibility index (Phi) is 5.79. The van der Waals surface area contributed by atoms with Crippen molar-refractivity contribution in [2.24, 2.45) is 0 Å². The highest BCUT2D eigenvalue weighted by molar-refractivity contribution is 5.87. The Hall–Kier alpha value is -1.59. The lowest BCUT2D eigenvalue weighted by molar-refractivity contribution is -0.151. The van der Waals surface area contributed by atoms with Gasteiger partial charge in [-0.2, -0.15) is 0 Å². The Labute approximate surface area is 112 Å². The van der Waals surface area contributed by atoms with Crippen molar-refractivity contribution in [3.8, 4) is 0 Å². The molecule has 0 aliphatic heterocycles. The molecular weight excluding hydrogens is 248 g/mol. The zero-order valence-electron chi connectivity index (χ0n) is 11.3. The number of aliphatic carboxylic acids is 1. The van der Waals surface area contributed by atoms with E-state index in [0.29, 0.717) is 32.2 Å². The van der Waals surface area contributed by atoms with Gasteiger partial charge in [0.2, 0.25) is 11.8 Å². The molecule has 0 unspecified atom stereocenters. The zero-order chi connectivity index (χ0) is 14.3. The zero-order valence-corrected chi connectivity index (χ0v) is 11.3. The molecule has 1 rings (SSSR count). The number of rotatable bonds is 8. The minimum atomic E-state index is -1.01. The van der Waals surface area contributed by atoms with Crippen LogP contribution in [-0.4, -0.2) is 35.0 Å². The van der Waals surface area contributed by atoms with Gasteiger partial charge in [0.05, 0.1) is 0 Å². The Morgan fingerprint density at radius 1 is 1.16 bits per heavy atom. The number of nitrogens with one attached hydrogen (secondary N) is 2. The summed E-state index contributed by atoms with van der Waals surface area (Å²) in [5, 5.41) is 14.4. The third kappa shape index (κ3) is 4.89. The van der Waals surface area contributed by atoms with Gasteiger partial charge in [-0.3, -0.25) is 9.59 Å². The van der Waals surface area contributed by atoms with Crippen molar-refractivity contribution in [1.29, 1.82) is 0 Å². The number of carbonyl (C=O) groups excluding carboxylic acids is 2. The minimum absolute atomic E-state index is 0.0499. The van der Waals surface area contributed by atoms with E-state index in [4.69, 9.17) is 5.11 Å². The maximum atomic E-state index is 11.7. The van der Waals surface area contributed by atoms with Gasteiger partial charge in [0, 0.05) is 19.9 Å². The Morgan fingerprint density at radius 2 is 1.84 bits per heavy atom. The molecule has 0 aromatic rings. The second-order valence-electron chi connectivity index (χ2n) is 5.08. The van der Waals surface area contributed by atoms with Crippen molar-refractivity contribution in [1.82, 2.24) is 10.6 Å². The third-order valence-electron chi connectivity index (χ3n) is 3.45. The summed E-state index contributed by atoms with van der Waals surface area (Å²) in [6.45, 7) is 2.09. The van der Waals surface area contributed by atoms with Crippen molar-refractivity contribution in [3.63, 3.8) is 0 Å². The Balaban J connectivity index is 2.11. The predicted molar refractivity (Wildman–Crippen MR) is 69.5 cm³/mol. The molecule has 6 heteroatoms. The number of carboxylic acid groups (broad SMARTS) is 1. The Bertz CT molecular complexity index is 351. The van der Waals surface area contributed by atoms with Crippen LogP contribution in [0.25, 0.3) is 0 Å². The van der Waals surface area contributed by atoms with Gasteiger partial charge in [-0.15, -0.1) is 0 Å². The van der Waals surface area contributed by atoms with Gasteiger partial charge >= 0.3 is 5.97 Å². The van der Waals surface area contributed by atoms with Gasteiger partial charge in [0.1, 0.15) is 5.54 Å². The molecule has 0 aromatic heterocycles. The standard InChI is InChI=1S/C13H22N2O4/c1-10(16)14-9-4-2-3-6-11(17)15-13(12(18)19)7-5-8-13/h2-9H2,1H3,(H,14,16)(H,15,17)(H,18,19). The fraction of sp³-hybridized carbons (Fsp3) is 0.769. The van der Waals surface area contributed by atoms with E-state index < -0.39 is 11.5 Å². The summed E-state index contributed by atoms with van der Waals surface area (Å²) in [5.41, 5.74) is -1.01. The molecule has 6 nitrogen and oxygen atoms in total. The van der Waals surface area contributed by atoms with Gasteiger partial charge in [0.25, 0.3) is 0 Å². The van der Waals surface area contributed by atoms with Crippen molar-refractivity contribution < 1.29 is 19.5 Å². The second-order valence-corrected chi connectivity index (χ2v) is 5.08. The number of hydrogen-bond donors (Lipinski definition) is 3. The van der Waals surface area contributed by atoms with Crippen LogP contribution in [0.4, 0.5) is 0 Å². The second kappa shape index (κ2) is 7.11. The van der Waals surface area contributed by atoms with E-state index in [1.165, 1.54) is 6.92 Å². The summed E-state index contributed by atoms with van der Waals surface area (Å²) >= 11 is 0. The smallest absolute Gasteiger partial charge is 0.329 e. The maximum Gasteiger partial charge on any atom is 0.329 e.